The van der Waals surface area contributed by atoms with Crippen LogP contribution in [-0.2, 0) is 11.3 Å². The van der Waals surface area contributed by atoms with Gasteiger partial charge in [0.25, 0.3) is 5.95 Å². The van der Waals surface area contributed by atoms with Crippen LogP contribution in [0.5, 0.6) is 0 Å². The Bertz CT molecular complexity index is 269. The minimum atomic E-state index is -0.189. The lowest BCUT2D eigenvalue weighted by Gasteiger charge is -1.92. The highest BCUT2D eigenvalue weighted by molar-refractivity contribution is 5.86. The maximum absolute atomic E-state index is 10.6. The summed E-state index contributed by atoms with van der Waals surface area (Å²) in [6.45, 7) is 4.13. The van der Waals surface area contributed by atoms with Gasteiger partial charge in [0.1, 0.15) is 0 Å². The molecule has 1 amide bonds. The number of hydrogen-bond donors (Lipinski definition) is 1. The molecular formula is C6H11N5O. The van der Waals surface area contributed by atoms with E-state index in [1.54, 1.807) is 0 Å². The topological polar surface area (TPSA) is 72.7 Å². The number of aryl methyl sites for hydroxylation is 1. The van der Waals surface area contributed by atoms with Crippen molar-refractivity contribution in [1.82, 2.24) is 20.2 Å². The number of hydrogen-bond acceptors (Lipinski definition) is 4. The summed E-state index contributed by atoms with van der Waals surface area (Å²) in [5.74, 6) is 0.0713. The van der Waals surface area contributed by atoms with Gasteiger partial charge < -0.3 is 0 Å². The molecule has 12 heavy (non-hydrogen) atoms. The second-order valence-electron chi connectivity index (χ2n) is 2.39. The van der Waals surface area contributed by atoms with Gasteiger partial charge in [-0.3, -0.25) is 10.1 Å². The van der Waals surface area contributed by atoms with Gasteiger partial charge in [-0.15, -0.1) is 5.10 Å². The summed E-state index contributed by atoms with van der Waals surface area (Å²) in [7, 11) is 0. The van der Waals surface area contributed by atoms with Crippen LogP contribution >= 0.6 is 0 Å². The second-order valence-corrected chi connectivity index (χ2v) is 2.39. The Morgan fingerprint density at radius 3 is 3.00 bits per heavy atom. The molecule has 1 aromatic heterocycles. The van der Waals surface area contributed by atoms with E-state index in [4.69, 9.17) is 0 Å². The number of amides is 1. The molecule has 0 atom stereocenters. The van der Waals surface area contributed by atoms with Crippen LogP contribution in [0.2, 0.25) is 0 Å². The van der Waals surface area contributed by atoms with E-state index in [2.05, 4.69) is 20.7 Å². The minimum Gasteiger partial charge on any atom is -0.292 e. The van der Waals surface area contributed by atoms with E-state index < -0.39 is 0 Å². The number of anilines is 1. The molecule has 0 bridgehead atoms. The van der Waals surface area contributed by atoms with Crippen LogP contribution in [0.3, 0.4) is 0 Å². The molecule has 1 rings (SSSR count). The van der Waals surface area contributed by atoms with Crippen molar-refractivity contribution in [3.63, 3.8) is 0 Å². The maximum atomic E-state index is 10.6. The molecule has 0 unspecified atom stereocenters. The number of nitrogens with zero attached hydrogens (tertiary/aromatic N) is 4. The van der Waals surface area contributed by atoms with Gasteiger partial charge in [0, 0.05) is 6.92 Å². The van der Waals surface area contributed by atoms with Gasteiger partial charge in [-0.05, 0) is 11.6 Å². The van der Waals surface area contributed by atoms with Gasteiger partial charge in [-0.2, -0.15) is 4.80 Å². The summed E-state index contributed by atoms with van der Waals surface area (Å²) in [6, 6.07) is 0. The molecule has 1 aromatic rings. The van der Waals surface area contributed by atoms with E-state index in [1.165, 1.54) is 11.7 Å². The van der Waals surface area contributed by atoms with Crippen LogP contribution in [-0.4, -0.2) is 26.1 Å². The number of carbonyl (C=O) groups excluding carboxylic acids is 1. The molecule has 1 heterocycles. The number of carbonyl (C=O) groups is 1. The Kier molecular flexibility index (Phi) is 2.73. The van der Waals surface area contributed by atoms with Crippen molar-refractivity contribution < 1.29 is 4.79 Å². The van der Waals surface area contributed by atoms with E-state index >= 15 is 0 Å². The maximum Gasteiger partial charge on any atom is 0.270 e. The van der Waals surface area contributed by atoms with Gasteiger partial charge >= 0.3 is 0 Å². The molecule has 0 aliphatic heterocycles. The summed E-state index contributed by atoms with van der Waals surface area (Å²) in [4.78, 5) is 12.0. The average molecular weight is 169 g/mol. The van der Waals surface area contributed by atoms with Gasteiger partial charge in [-0.25, -0.2) is 0 Å². The van der Waals surface area contributed by atoms with E-state index in [0.717, 1.165) is 6.42 Å². The Morgan fingerprint density at radius 1 is 1.67 bits per heavy atom. The van der Waals surface area contributed by atoms with Crippen LogP contribution in [0.25, 0.3) is 0 Å². The molecule has 66 valence electrons. The summed E-state index contributed by atoms with van der Waals surface area (Å²) in [5.41, 5.74) is 0. The Morgan fingerprint density at radius 2 is 2.42 bits per heavy atom. The lowest BCUT2D eigenvalue weighted by atomic mass is 10.5. The second kappa shape index (κ2) is 3.80. The minimum absolute atomic E-state index is 0.189. The molecular weight excluding hydrogens is 158 g/mol. The summed E-state index contributed by atoms with van der Waals surface area (Å²) in [6.07, 6.45) is 0.940. The molecule has 0 spiro atoms. The third-order valence-corrected chi connectivity index (χ3v) is 1.16. The van der Waals surface area contributed by atoms with Crippen LogP contribution in [0.4, 0.5) is 5.95 Å². The lowest BCUT2D eigenvalue weighted by molar-refractivity contribution is -0.114. The Hall–Kier alpha value is -1.46. The van der Waals surface area contributed by atoms with E-state index in [9.17, 15) is 4.79 Å². The zero-order valence-electron chi connectivity index (χ0n) is 7.11. The molecule has 6 nitrogen and oxygen atoms in total. The van der Waals surface area contributed by atoms with Gasteiger partial charge in [-0.1, -0.05) is 12.0 Å². The number of rotatable bonds is 3. The third-order valence-electron chi connectivity index (χ3n) is 1.16. The van der Waals surface area contributed by atoms with Crippen LogP contribution < -0.4 is 5.32 Å². The summed E-state index contributed by atoms with van der Waals surface area (Å²) < 4.78 is 0. The fourth-order valence-corrected chi connectivity index (χ4v) is 0.745. The van der Waals surface area contributed by atoms with E-state index in [0.29, 0.717) is 6.54 Å². The van der Waals surface area contributed by atoms with Crippen molar-refractivity contribution in [1.29, 1.82) is 0 Å². The molecule has 0 aliphatic rings. The largest absolute Gasteiger partial charge is 0.292 e. The van der Waals surface area contributed by atoms with E-state index in [1.807, 2.05) is 6.92 Å². The molecule has 1 N–H and O–H groups in total. The molecule has 0 saturated carbocycles. The SMILES string of the molecule is CCCn1nnc(NC(C)=O)n1. The quantitative estimate of drug-likeness (QED) is 0.693. The molecule has 0 aliphatic carbocycles. The molecule has 0 radical (unpaired) electrons. The normalized spacial score (nSPS) is 9.83. The third kappa shape index (κ3) is 2.30. The first-order valence-electron chi connectivity index (χ1n) is 3.77. The highest BCUT2D eigenvalue weighted by Gasteiger charge is 2.01. The van der Waals surface area contributed by atoms with Crippen molar-refractivity contribution in [2.75, 3.05) is 5.32 Å². The Balaban J connectivity index is 2.58. The van der Waals surface area contributed by atoms with Crippen molar-refractivity contribution in [2.45, 2.75) is 26.8 Å². The summed E-state index contributed by atoms with van der Waals surface area (Å²) >= 11 is 0. The van der Waals surface area contributed by atoms with Gasteiger partial charge in [0.05, 0.1) is 6.54 Å². The standard InChI is InChI=1S/C6H11N5O/c1-3-4-11-9-6(8-10-11)7-5(2)12/h3-4H2,1-2H3,(H,7,9,12). The van der Waals surface area contributed by atoms with Gasteiger partial charge in [0.2, 0.25) is 5.91 Å². The predicted octanol–water partition coefficient (Wildman–Crippen LogP) is 0.0415. The van der Waals surface area contributed by atoms with Crippen LogP contribution in [0, 0.1) is 0 Å². The molecule has 0 saturated heterocycles. The Labute approximate surface area is 70.0 Å². The van der Waals surface area contributed by atoms with Gasteiger partial charge in [0.15, 0.2) is 0 Å². The highest BCUT2D eigenvalue weighted by atomic mass is 16.1. The highest BCUT2D eigenvalue weighted by Crippen LogP contribution is 1.93. The fraction of sp³-hybridized carbons (Fsp3) is 0.667. The smallest absolute Gasteiger partial charge is 0.270 e. The van der Waals surface area contributed by atoms with Crippen molar-refractivity contribution in [3.05, 3.63) is 0 Å². The number of nitrogens with one attached hydrogen (secondary N) is 1. The zero-order chi connectivity index (χ0) is 8.97. The first-order valence-corrected chi connectivity index (χ1v) is 3.77. The number of tetrazole rings is 1. The number of aromatic nitrogens is 4. The first kappa shape index (κ1) is 8.63. The van der Waals surface area contributed by atoms with Crippen LogP contribution in [0.1, 0.15) is 20.3 Å². The van der Waals surface area contributed by atoms with Crippen molar-refractivity contribution in [3.8, 4) is 0 Å². The first-order chi connectivity index (χ1) is 5.72. The van der Waals surface area contributed by atoms with Crippen LogP contribution in [0.15, 0.2) is 0 Å². The monoisotopic (exact) mass is 169 g/mol. The van der Waals surface area contributed by atoms with Crippen molar-refractivity contribution >= 4 is 11.9 Å². The van der Waals surface area contributed by atoms with E-state index in [-0.39, 0.29) is 11.9 Å². The molecule has 0 aromatic carbocycles. The lowest BCUT2D eigenvalue weighted by Crippen LogP contribution is -2.08. The fourth-order valence-electron chi connectivity index (χ4n) is 0.745. The van der Waals surface area contributed by atoms with Crippen molar-refractivity contribution in [2.24, 2.45) is 0 Å². The molecule has 0 fully saturated rings. The predicted molar refractivity (Wildman–Crippen MR) is 42.4 cm³/mol. The zero-order valence-corrected chi connectivity index (χ0v) is 7.11. The summed E-state index contributed by atoms with van der Waals surface area (Å²) in [5, 5.41) is 13.7. The average Bonchev–Trinajstić information content (AvgIpc) is 2.36. The molecule has 6 heteroatoms.